The Labute approximate surface area is 139 Å². The van der Waals surface area contributed by atoms with Crippen LogP contribution in [0.5, 0.6) is 0 Å². The molecule has 2 aliphatic rings. The maximum Gasteiger partial charge on any atom is 0.126 e. The van der Waals surface area contributed by atoms with Crippen LogP contribution in [-0.4, -0.2) is 16.1 Å². The van der Waals surface area contributed by atoms with E-state index in [-0.39, 0.29) is 0 Å². The van der Waals surface area contributed by atoms with Crippen molar-refractivity contribution in [2.75, 3.05) is 6.54 Å². The predicted molar refractivity (Wildman–Crippen MR) is 94.3 cm³/mol. The average molecular weight is 309 g/mol. The molecular weight excluding hydrogens is 282 g/mol. The summed E-state index contributed by atoms with van der Waals surface area (Å²) >= 11 is 0. The third-order valence-electron chi connectivity index (χ3n) is 5.58. The molecule has 0 amide bonds. The van der Waals surface area contributed by atoms with Crippen LogP contribution < -0.4 is 5.32 Å². The molecule has 1 aliphatic carbocycles. The van der Waals surface area contributed by atoms with E-state index in [0.29, 0.717) is 6.04 Å². The molecule has 0 spiro atoms. The number of hydrogen-bond acceptors (Lipinski definition) is 2. The minimum absolute atomic E-state index is 0.435. The molecule has 1 saturated carbocycles. The fourth-order valence-corrected chi connectivity index (χ4v) is 4.27. The van der Waals surface area contributed by atoms with Crippen LogP contribution >= 0.6 is 0 Å². The second-order valence-electron chi connectivity index (χ2n) is 7.24. The average Bonchev–Trinajstić information content (AvgIpc) is 3.01. The zero-order chi connectivity index (χ0) is 15.6. The largest absolute Gasteiger partial charge is 0.332 e. The Morgan fingerprint density at radius 1 is 1.17 bits per heavy atom. The number of hydrogen-bond donors (Lipinski definition) is 1. The SMILES string of the molecule is Cc1ccccc1-c1cn2c(n1)C(CC1CCCCC1)NCC2. The van der Waals surface area contributed by atoms with Crippen LogP contribution in [0.15, 0.2) is 30.5 Å². The van der Waals surface area contributed by atoms with Gasteiger partial charge < -0.3 is 9.88 Å². The highest BCUT2D eigenvalue weighted by Gasteiger charge is 2.26. The first kappa shape index (κ1) is 14.9. The highest BCUT2D eigenvalue weighted by atomic mass is 15.2. The number of fused-ring (bicyclic) bond motifs is 1. The smallest absolute Gasteiger partial charge is 0.126 e. The molecule has 1 fully saturated rings. The summed E-state index contributed by atoms with van der Waals surface area (Å²) in [7, 11) is 0. The molecule has 2 heterocycles. The van der Waals surface area contributed by atoms with Gasteiger partial charge >= 0.3 is 0 Å². The Balaban J connectivity index is 1.59. The van der Waals surface area contributed by atoms with Gasteiger partial charge in [0, 0.05) is 24.8 Å². The summed E-state index contributed by atoms with van der Waals surface area (Å²) in [6.45, 7) is 4.27. The summed E-state index contributed by atoms with van der Waals surface area (Å²) in [6, 6.07) is 9.00. The molecule has 3 nitrogen and oxygen atoms in total. The van der Waals surface area contributed by atoms with Crippen molar-refractivity contribution in [2.24, 2.45) is 5.92 Å². The van der Waals surface area contributed by atoms with Gasteiger partial charge in [0.25, 0.3) is 0 Å². The van der Waals surface area contributed by atoms with Crippen molar-refractivity contribution in [1.82, 2.24) is 14.9 Å². The van der Waals surface area contributed by atoms with Gasteiger partial charge in [-0.15, -0.1) is 0 Å². The first-order valence-electron chi connectivity index (χ1n) is 9.18. The minimum atomic E-state index is 0.435. The van der Waals surface area contributed by atoms with Crippen LogP contribution in [0.2, 0.25) is 0 Å². The normalized spacial score (nSPS) is 22.0. The molecule has 2 aromatic rings. The van der Waals surface area contributed by atoms with Crippen LogP contribution in [0.25, 0.3) is 11.3 Å². The van der Waals surface area contributed by atoms with E-state index in [1.165, 1.54) is 55.5 Å². The molecule has 1 unspecified atom stereocenters. The van der Waals surface area contributed by atoms with Crippen LogP contribution in [-0.2, 0) is 6.54 Å². The van der Waals surface area contributed by atoms with Crippen molar-refractivity contribution in [1.29, 1.82) is 0 Å². The summed E-state index contributed by atoms with van der Waals surface area (Å²) < 4.78 is 2.38. The maximum absolute atomic E-state index is 5.03. The van der Waals surface area contributed by atoms with Crippen LogP contribution in [0, 0.1) is 12.8 Å². The maximum atomic E-state index is 5.03. The zero-order valence-corrected chi connectivity index (χ0v) is 14.1. The molecule has 3 heteroatoms. The zero-order valence-electron chi connectivity index (χ0n) is 14.1. The number of nitrogens with one attached hydrogen (secondary N) is 1. The summed E-state index contributed by atoms with van der Waals surface area (Å²) in [5.41, 5.74) is 3.71. The molecule has 1 aromatic carbocycles. The fraction of sp³-hybridized carbons (Fsp3) is 0.550. The van der Waals surface area contributed by atoms with Gasteiger partial charge in [0.15, 0.2) is 0 Å². The van der Waals surface area contributed by atoms with E-state index in [4.69, 9.17) is 4.98 Å². The van der Waals surface area contributed by atoms with Gasteiger partial charge in [0.1, 0.15) is 5.82 Å². The fourth-order valence-electron chi connectivity index (χ4n) is 4.27. The Kier molecular flexibility index (Phi) is 4.21. The molecule has 4 rings (SSSR count). The van der Waals surface area contributed by atoms with Crippen LogP contribution in [0.4, 0.5) is 0 Å². The first-order valence-corrected chi connectivity index (χ1v) is 9.18. The summed E-state index contributed by atoms with van der Waals surface area (Å²) in [5.74, 6) is 2.13. The lowest BCUT2D eigenvalue weighted by atomic mass is 9.84. The minimum Gasteiger partial charge on any atom is -0.332 e. The van der Waals surface area contributed by atoms with E-state index in [9.17, 15) is 0 Å². The van der Waals surface area contributed by atoms with Crippen molar-refractivity contribution < 1.29 is 0 Å². The number of rotatable bonds is 3. The molecular formula is C20H27N3. The van der Waals surface area contributed by atoms with E-state index in [2.05, 4.69) is 47.3 Å². The molecule has 1 aliphatic heterocycles. The summed E-state index contributed by atoms with van der Waals surface area (Å²) in [5, 5.41) is 3.72. The van der Waals surface area contributed by atoms with Gasteiger partial charge in [0.05, 0.1) is 11.7 Å². The monoisotopic (exact) mass is 309 g/mol. The Hall–Kier alpha value is -1.61. The molecule has 1 atom stereocenters. The van der Waals surface area contributed by atoms with E-state index < -0.39 is 0 Å². The molecule has 0 radical (unpaired) electrons. The second-order valence-corrected chi connectivity index (χ2v) is 7.24. The van der Waals surface area contributed by atoms with Crippen molar-refractivity contribution in [3.05, 3.63) is 41.9 Å². The van der Waals surface area contributed by atoms with Crippen molar-refractivity contribution >= 4 is 0 Å². The number of imidazole rings is 1. The Morgan fingerprint density at radius 2 is 2.00 bits per heavy atom. The summed E-state index contributed by atoms with van der Waals surface area (Å²) in [6.07, 6.45) is 10.6. The van der Waals surface area contributed by atoms with Crippen LogP contribution in [0.3, 0.4) is 0 Å². The van der Waals surface area contributed by atoms with Gasteiger partial charge in [-0.2, -0.15) is 0 Å². The standard InChI is InChI=1S/C20H27N3/c1-15-7-5-6-10-17(15)19-14-23-12-11-21-18(20(23)22-19)13-16-8-3-2-4-9-16/h5-7,10,14,16,18,21H,2-4,8-9,11-13H2,1H3. The van der Waals surface area contributed by atoms with Gasteiger partial charge in [-0.1, -0.05) is 56.4 Å². The highest BCUT2D eigenvalue weighted by molar-refractivity contribution is 5.63. The highest BCUT2D eigenvalue weighted by Crippen LogP contribution is 2.34. The Morgan fingerprint density at radius 3 is 2.83 bits per heavy atom. The van der Waals surface area contributed by atoms with E-state index >= 15 is 0 Å². The third kappa shape index (κ3) is 3.07. The lowest BCUT2D eigenvalue weighted by molar-refractivity contribution is 0.278. The lowest BCUT2D eigenvalue weighted by Crippen LogP contribution is -2.34. The number of benzene rings is 1. The molecule has 1 N–H and O–H groups in total. The molecule has 0 saturated heterocycles. The van der Waals surface area contributed by atoms with Gasteiger partial charge in [-0.3, -0.25) is 0 Å². The Bertz CT molecular complexity index is 667. The quantitative estimate of drug-likeness (QED) is 0.906. The van der Waals surface area contributed by atoms with Crippen molar-refractivity contribution in [2.45, 2.75) is 58.0 Å². The number of nitrogens with zero attached hydrogens (tertiary/aromatic N) is 2. The van der Waals surface area contributed by atoms with Gasteiger partial charge in [0.2, 0.25) is 0 Å². The molecule has 1 aromatic heterocycles. The van der Waals surface area contributed by atoms with Crippen LogP contribution in [0.1, 0.15) is 56.0 Å². The summed E-state index contributed by atoms with van der Waals surface area (Å²) in [4.78, 5) is 5.03. The lowest BCUT2D eigenvalue weighted by Gasteiger charge is -2.30. The van der Waals surface area contributed by atoms with Gasteiger partial charge in [-0.25, -0.2) is 4.98 Å². The second kappa shape index (κ2) is 6.48. The topological polar surface area (TPSA) is 29.9 Å². The van der Waals surface area contributed by atoms with E-state index in [1.807, 2.05) is 0 Å². The number of aryl methyl sites for hydroxylation is 1. The van der Waals surface area contributed by atoms with Crippen molar-refractivity contribution in [3.8, 4) is 11.3 Å². The number of aromatic nitrogens is 2. The third-order valence-corrected chi connectivity index (χ3v) is 5.58. The van der Waals surface area contributed by atoms with Gasteiger partial charge in [-0.05, 0) is 24.8 Å². The molecule has 23 heavy (non-hydrogen) atoms. The van der Waals surface area contributed by atoms with E-state index in [1.54, 1.807) is 0 Å². The molecule has 0 bridgehead atoms. The van der Waals surface area contributed by atoms with Crippen molar-refractivity contribution in [3.63, 3.8) is 0 Å². The first-order chi connectivity index (χ1) is 11.3. The van der Waals surface area contributed by atoms with E-state index in [0.717, 1.165) is 24.7 Å². The molecule has 122 valence electrons. The predicted octanol–water partition coefficient (Wildman–Crippen LogP) is 4.47.